The second kappa shape index (κ2) is 9.32. The van der Waals surface area contributed by atoms with Crippen LogP contribution >= 0.6 is 11.3 Å². The van der Waals surface area contributed by atoms with E-state index in [1.807, 2.05) is 0 Å². The second-order valence-electron chi connectivity index (χ2n) is 7.39. The molecule has 2 heterocycles. The van der Waals surface area contributed by atoms with Gasteiger partial charge in [-0.15, -0.1) is 11.3 Å². The number of carbonyl (C=O) groups is 2. The molecule has 0 saturated carbocycles. The number of thiophene rings is 1. The van der Waals surface area contributed by atoms with E-state index in [1.54, 1.807) is 29.6 Å². The topological polar surface area (TPSA) is 80.8 Å². The van der Waals surface area contributed by atoms with E-state index in [-0.39, 0.29) is 18.9 Å². The number of sulfonamides is 1. The highest BCUT2D eigenvalue weighted by Crippen LogP contribution is 2.27. The van der Waals surface area contributed by atoms with Gasteiger partial charge in [0, 0.05) is 24.2 Å². The van der Waals surface area contributed by atoms with Crippen LogP contribution in [0.4, 0.5) is 4.39 Å². The van der Waals surface area contributed by atoms with Crippen LogP contribution in [-0.4, -0.2) is 37.6 Å². The fraction of sp³-hybridized carbons (Fsp3) is 0.217. The Morgan fingerprint density at radius 3 is 2.09 bits per heavy atom. The summed E-state index contributed by atoms with van der Waals surface area (Å²) in [6, 6.07) is 14.7. The van der Waals surface area contributed by atoms with Gasteiger partial charge in [0.05, 0.1) is 5.92 Å². The minimum Gasteiger partial charge on any atom is -0.426 e. The lowest BCUT2D eigenvalue weighted by molar-refractivity contribution is -0.140. The standard InChI is InChI=1S/C23H20FNO5S2/c24-19-7-3-16(4-8-19)22(26)17-5-9-20(10-6-17)30-23(27)18-11-13-25(14-12-18)32(28,29)21-2-1-15-31-21/h1-10,15,18H,11-14H2. The van der Waals surface area contributed by atoms with Crippen molar-refractivity contribution in [3.05, 3.63) is 83.0 Å². The first kappa shape index (κ1) is 22.3. The van der Waals surface area contributed by atoms with Crippen LogP contribution in [0.15, 0.2) is 70.3 Å². The Labute approximate surface area is 189 Å². The predicted molar refractivity (Wildman–Crippen MR) is 118 cm³/mol. The maximum absolute atomic E-state index is 13.0. The van der Waals surface area contributed by atoms with E-state index in [4.69, 9.17) is 4.74 Å². The first-order valence-corrected chi connectivity index (χ1v) is 12.3. The average molecular weight is 474 g/mol. The predicted octanol–water partition coefficient (Wildman–Crippen LogP) is 4.12. The molecule has 1 aliphatic heterocycles. The molecule has 4 rings (SSSR count). The Balaban J connectivity index is 1.33. The Bertz CT molecular complexity index is 1200. The Hall–Kier alpha value is -2.88. The number of ketones is 1. The molecule has 1 aliphatic rings. The smallest absolute Gasteiger partial charge is 0.314 e. The lowest BCUT2D eigenvalue weighted by Gasteiger charge is -2.29. The summed E-state index contributed by atoms with van der Waals surface area (Å²) in [6.07, 6.45) is 0.759. The highest BCUT2D eigenvalue weighted by atomic mass is 32.2. The number of benzene rings is 2. The van der Waals surface area contributed by atoms with Gasteiger partial charge in [-0.05, 0) is 72.8 Å². The molecule has 2 aromatic carbocycles. The van der Waals surface area contributed by atoms with Crippen molar-refractivity contribution in [2.24, 2.45) is 5.92 Å². The normalized spacial score (nSPS) is 15.4. The average Bonchev–Trinajstić information content (AvgIpc) is 3.36. The summed E-state index contributed by atoms with van der Waals surface area (Å²) in [5.74, 6) is -1.19. The molecular formula is C23H20FNO5S2. The van der Waals surface area contributed by atoms with Gasteiger partial charge in [-0.1, -0.05) is 6.07 Å². The zero-order valence-corrected chi connectivity index (χ0v) is 18.6. The number of carbonyl (C=O) groups excluding carboxylic acids is 2. The number of halogens is 1. The molecule has 0 bridgehead atoms. The van der Waals surface area contributed by atoms with E-state index in [1.165, 1.54) is 52.0 Å². The van der Waals surface area contributed by atoms with Crippen molar-refractivity contribution in [1.82, 2.24) is 4.31 Å². The molecule has 0 radical (unpaired) electrons. The van der Waals surface area contributed by atoms with E-state index in [0.717, 1.165) is 0 Å². The number of ether oxygens (including phenoxy) is 1. The molecule has 3 aromatic rings. The van der Waals surface area contributed by atoms with Gasteiger partial charge >= 0.3 is 5.97 Å². The van der Waals surface area contributed by atoms with E-state index < -0.39 is 27.7 Å². The van der Waals surface area contributed by atoms with Crippen molar-refractivity contribution in [1.29, 1.82) is 0 Å². The molecule has 6 nitrogen and oxygen atoms in total. The summed E-state index contributed by atoms with van der Waals surface area (Å²) in [5, 5.41) is 1.72. The number of hydrogen-bond acceptors (Lipinski definition) is 6. The number of nitrogens with zero attached hydrogens (tertiary/aromatic N) is 1. The fourth-order valence-corrected chi connectivity index (χ4v) is 6.13. The van der Waals surface area contributed by atoms with Gasteiger partial charge in [0.15, 0.2) is 5.78 Å². The van der Waals surface area contributed by atoms with E-state index in [9.17, 15) is 22.4 Å². The third-order valence-corrected chi connectivity index (χ3v) is 8.59. The van der Waals surface area contributed by atoms with Gasteiger partial charge in [0.2, 0.25) is 0 Å². The van der Waals surface area contributed by atoms with Crippen LogP contribution in [0.25, 0.3) is 0 Å². The van der Waals surface area contributed by atoms with Crippen LogP contribution in [-0.2, 0) is 14.8 Å². The Morgan fingerprint density at radius 1 is 0.938 bits per heavy atom. The zero-order valence-electron chi connectivity index (χ0n) is 16.9. The van der Waals surface area contributed by atoms with Crippen molar-refractivity contribution in [3.63, 3.8) is 0 Å². The first-order chi connectivity index (χ1) is 15.3. The van der Waals surface area contributed by atoms with Crippen molar-refractivity contribution >= 4 is 33.1 Å². The quantitative estimate of drug-likeness (QED) is 0.306. The van der Waals surface area contributed by atoms with Crippen molar-refractivity contribution in [3.8, 4) is 5.75 Å². The monoisotopic (exact) mass is 473 g/mol. The molecule has 0 spiro atoms. The molecular weight excluding hydrogens is 453 g/mol. The Morgan fingerprint density at radius 2 is 1.53 bits per heavy atom. The van der Waals surface area contributed by atoms with Crippen molar-refractivity contribution in [2.45, 2.75) is 17.1 Å². The lowest BCUT2D eigenvalue weighted by Crippen LogP contribution is -2.40. The first-order valence-electron chi connectivity index (χ1n) is 10.0. The summed E-state index contributed by atoms with van der Waals surface area (Å²) in [6.45, 7) is 0.510. The number of hydrogen-bond donors (Lipinski definition) is 0. The summed E-state index contributed by atoms with van der Waals surface area (Å²) in [5.41, 5.74) is 0.754. The number of rotatable bonds is 6. The van der Waals surface area contributed by atoms with Crippen LogP contribution in [0.2, 0.25) is 0 Å². The molecule has 0 amide bonds. The minimum absolute atomic E-state index is 0.255. The summed E-state index contributed by atoms with van der Waals surface area (Å²) in [4.78, 5) is 25.0. The molecule has 1 aromatic heterocycles. The fourth-order valence-electron chi connectivity index (χ4n) is 3.51. The van der Waals surface area contributed by atoms with E-state index >= 15 is 0 Å². The zero-order chi connectivity index (χ0) is 22.7. The van der Waals surface area contributed by atoms with Crippen molar-refractivity contribution in [2.75, 3.05) is 13.1 Å². The van der Waals surface area contributed by atoms with E-state index in [0.29, 0.717) is 33.9 Å². The number of esters is 1. The summed E-state index contributed by atoms with van der Waals surface area (Å²) >= 11 is 1.17. The van der Waals surface area contributed by atoms with Gasteiger partial charge in [-0.3, -0.25) is 9.59 Å². The van der Waals surface area contributed by atoms with Crippen molar-refractivity contribution < 1.29 is 27.1 Å². The van der Waals surface area contributed by atoms with E-state index in [2.05, 4.69) is 0 Å². The van der Waals surface area contributed by atoms with Gasteiger partial charge in [0.25, 0.3) is 10.0 Å². The van der Waals surface area contributed by atoms with Crippen LogP contribution in [0.5, 0.6) is 5.75 Å². The molecule has 0 atom stereocenters. The molecule has 0 aliphatic carbocycles. The summed E-state index contributed by atoms with van der Waals surface area (Å²) in [7, 11) is -3.52. The van der Waals surface area contributed by atoms with Gasteiger partial charge in [-0.25, -0.2) is 12.8 Å². The highest BCUT2D eigenvalue weighted by molar-refractivity contribution is 7.91. The molecule has 9 heteroatoms. The Kier molecular flexibility index (Phi) is 6.50. The molecule has 32 heavy (non-hydrogen) atoms. The van der Waals surface area contributed by atoms with Gasteiger partial charge < -0.3 is 4.74 Å². The van der Waals surface area contributed by atoms with Crippen LogP contribution in [0.3, 0.4) is 0 Å². The third kappa shape index (κ3) is 4.79. The molecule has 1 saturated heterocycles. The van der Waals surface area contributed by atoms with Gasteiger partial charge in [0.1, 0.15) is 15.8 Å². The highest BCUT2D eigenvalue weighted by Gasteiger charge is 2.33. The van der Waals surface area contributed by atoms with Crippen LogP contribution in [0, 0.1) is 11.7 Å². The minimum atomic E-state index is -3.52. The maximum atomic E-state index is 13.0. The largest absolute Gasteiger partial charge is 0.426 e. The maximum Gasteiger partial charge on any atom is 0.314 e. The molecule has 1 fully saturated rings. The summed E-state index contributed by atoms with van der Waals surface area (Å²) < 4.78 is 45.4. The molecule has 166 valence electrons. The molecule has 0 N–H and O–H groups in total. The second-order valence-corrected chi connectivity index (χ2v) is 10.5. The third-order valence-electron chi connectivity index (χ3n) is 5.32. The number of piperidine rings is 1. The lowest BCUT2D eigenvalue weighted by atomic mass is 9.98. The SMILES string of the molecule is O=C(c1ccc(F)cc1)c1ccc(OC(=O)C2CCN(S(=O)(=O)c3cccs3)CC2)cc1. The van der Waals surface area contributed by atoms with Crippen LogP contribution in [0.1, 0.15) is 28.8 Å². The molecule has 0 unspecified atom stereocenters. The van der Waals surface area contributed by atoms with Crippen LogP contribution < -0.4 is 4.74 Å². The van der Waals surface area contributed by atoms with Gasteiger partial charge in [-0.2, -0.15) is 4.31 Å².